The van der Waals surface area contributed by atoms with E-state index in [1.165, 1.54) is 13.0 Å². The van der Waals surface area contributed by atoms with Crippen LogP contribution in [-0.2, 0) is 6.61 Å². The fourth-order valence-electron chi connectivity index (χ4n) is 2.57. The molecular weight excluding hydrogens is 555 g/mol. The van der Waals surface area contributed by atoms with Gasteiger partial charge < -0.3 is 14.0 Å². The molecule has 7 nitrogen and oxygen atoms in total. The van der Waals surface area contributed by atoms with Crippen LogP contribution in [0.15, 0.2) is 45.4 Å². The molecule has 0 aliphatic heterocycles. The zero-order valence-electron chi connectivity index (χ0n) is 15.5. The number of halogens is 2. The van der Waals surface area contributed by atoms with E-state index in [0.29, 0.717) is 18.1 Å². The van der Waals surface area contributed by atoms with E-state index in [-0.39, 0.29) is 17.1 Å². The second kappa shape index (κ2) is 9.40. The van der Waals surface area contributed by atoms with E-state index in [2.05, 4.69) is 43.7 Å². The number of aryl methyl sites for hydroxylation is 1. The minimum atomic E-state index is -0.511. The number of methoxy groups -OCH3 is 1. The number of rotatable bonds is 7. The van der Waals surface area contributed by atoms with Crippen molar-refractivity contribution in [2.24, 2.45) is 0 Å². The molecule has 0 aliphatic rings. The SMILES string of the molecule is COc1cc(/C=C/c2onc(C)c2[N+](=O)[O-])c(Br)cc1OCc1ccc(I)cc1. The van der Waals surface area contributed by atoms with Crippen LogP contribution in [0.1, 0.15) is 22.6 Å². The predicted molar refractivity (Wildman–Crippen MR) is 121 cm³/mol. The average molecular weight is 571 g/mol. The zero-order chi connectivity index (χ0) is 21.0. The van der Waals surface area contributed by atoms with Gasteiger partial charge in [0.2, 0.25) is 5.76 Å². The van der Waals surface area contributed by atoms with Gasteiger partial charge in [-0.05, 0) is 77.1 Å². The second-order valence-corrected chi connectivity index (χ2v) is 8.11. The molecular formula is C20H16BrIN2O5. The highest BCUT2D eigenvalue weighted by Crippen LogP contribution is 2.35. The van der Waals surface area contributed by atoms with Crippen molar-refractivity contribution in [1.29, 1.82) is 0 Å². The van der Waals surface area contributed by atoms with Crippen LogP contribution in [0.25, 0.3) is 12.2 Å². The summed E-state index contributed by atoms with van der Waals surface area (Å²) < 4.78 is 18.3. The first-order chi connectivity index (χ1) is 13.9. The molecule has 0 fully saturated rings. The first-order valence-electron chi connectivity index (χ1n) is 8.42. The first-order valence-corrected chi connectivity index (χ1v) is 10.3. The molecule has 1 aromatic heterocycles. The summed E-state index contributed by atoms with van der Waals surface area (Å²) in [6.45, 7) is 1.93. The van der Waals surface area contributed by atoms with E-state index >= 15 is 0 Å². The number of nitro groups is 1. The summed E-state index contributed by atoms with van der Waals surface area (Å²) in [5, 5.41) is 14.8. The topological polar surface area (TPSA) is 87.6 Å². The fraction of sp³-hybridized carbons (Fsp3) is 0.150. The minimum absolute atomic E-state index is 0.0809. The molecule has 9 heteroatoms. The Bertz CT molecular complexity index is 1060. The van der Waals surface area contributed by atoms with Gasteiger partial charge in [0.25, 0.3) is 0 Å². The van der Waals surface area contributed by atoms with Gasteiger partial charge >= 0.3 is 5.69 Å². The van der Waals surface area contributed by atoms with Crippen LogP contribution < -0.4 is 9.47 Å². The lowest BCUT2D eigenvalue weighted by Gasteiger charge is -2.13. The van der Waals surface area contributed by atoms with E-state index in [1.807, 2.05) is 24.3 Å². The molecule has 0 spiro atoms. The summed E-state index contributed by atoms with van der Waals surface area (Å²) in [7, 11) is 1.55. The van der Waals surface area contributed by atoms with Crippen molar-refractivity contribution in [1.82, 2.24) is 5.16 Å². The molecule has 0 saturated heterocycles. The van der Waals surface area contributed by atoms with Gasteiger partial charge in [-0.25, -0.2) is 0 Å². The smallest absolute Gasteiger partial charge is 0.338 e. The van der Waals surface area contributed by atoms with Crippen molar-refractivity contribution in [2.45, 2.75) is 13.5 Å². The van der Waals surface area contributed by atoms with Crippen LogP contribution in [0.5, 0.6) is 11.5 Å². The summed E-state index contributed by atoms with van der Waals surface area (Å²) in [6, 6.07) is 11.6. The van der Waals surface area contributed by atoms with Crippen molar-refractivity contribution in [3.8, 4) is 11.5 Å². The van der Waals surface area contributed by atoms with Gasteiger partial charge in [0.05, 0.1) is 12.0 Å². The van der Waals surface area contributed by atoms with Crippen LogP contribution in [0.2, 0.25) is 0 Å². The first kappa shape index (κ1) is 21.3. The van der Waals surface area contributed by atoms with Gasteiger partial charge in [-0.1, -0.05) is 33.2 Å². The molecule has 0 bridgehead atoms. The van der Waals surface area contributed by atoms with Crippen molar-refractivity contribution < 1.29 is 18.9 Å². The maximum atomic E-state index is 11.2. The summed E-state index contributed by atoms with van der Waals surface area (Å²) >= 11 is 5.76. The molecule has 0 saturated carbocycles. The Hall–Kier alpha value is -2.40. The summed E-state index contributed by atoms with van der Waals surface area (Å²) in [4.78, 5) is 10.6. The van der Waals surface area contributed by atoms with Gasteiger partial charge in [-0.3, -0.25) is 10.1 Å². The van der Waals surface area contributed by atoms with E-state index in [0.717, 1.165) is 19.2 Å². The van der Waals surface area contributed by atoms with Crippen LogP contribution >= 0.6 is 38.5 Å². The van der Waals surface area contributed by atoms with Crippen LogP contribution in [0.4, 0.5) is 5.69 Å². The second-order valence-electron chi connectivity index (χ2n) is 6.01. The number of nitrogens with zero attached hydrogens (tertiary/aromatic N) is 2. The number of ether oxygens (including phenoxy) is 2. The Labute approximate surface area is 189 Å². The van der Waals surface area contributed by atoms with E-state index in [4.69, 9.17) is 14.0 Å². The third-order valence-corrected chi connectivity index (χ3v) is 5.45. The Morgan fingerprint density at radius 2 is 1.97 bits per heavy atom. The standard InChI is InChI=1S/C20H16BrIN2O5/c1-12-20(24(25)26)17(29-23-12)8-5-14-9-18(27-2)19(10-16(14)21)28-11-13-3-6-15(22)7-4-13/h3-10H,11H2,1-2H3/b8-5+. The van der Waals surface area contributed by atoms with Gasteiger partial charge in [0.15, 0.2) is 17.2 Å². The van der Waals surface area contributed by atoms with E-state index in [1.54, 1.807) is 25.3 Å². The lowest BCUT2D eigenvalue weighted by Crippen LogP contribution is -1.98. The lowest BCUT2D eigenvalue weighted by atomic mass is 10.1. The normalized spacial score (nSPS) is 11.0. The van der Waals surface area contributed by atoms with Gasteiger partial charge in [0, 0.05) is 8.04 Å². The largest absolute Gasteiger partial charge is 0.493 e. The highest BCUT2D eigenvalue weighted by Gasteiger charge is 2.22. The highest BCUT2D eigenvalue weighted by molar-refractivity contribution is 14.1. The maximum absolute atomic E-state index is 11.2. The number of hydrogen-bond acceptors (Lipinski definition) is 6. The molecule has 0 atom stereocenters. The number of hydrogen-bond donors (Lipinski definition) is 0. The van der Waals surface area contributed by atoms with Crippen LogP contribution in [0, 0.1) is 20.6 Å². The molecule has 1 heterocycles. The van der Waals surface area contributed by atoms with E-state index < -0.39 is 4.92 Å². The maximum Gasteiger partial charge on any atom is 0.338 e. The summed E-state index contributed by atoms with van der Waals surface area (Å²) in [5.41, 5.74) is 1.86. The average Bonchev–Trinajstić information content (AvgIpc) is 3.07. The van der Waals surface area contributed by atoms with Gasteiger partial charge in [0.1, 0.15) is 6.61 Å². The van der Waals surface area contributed by atoms with Gasteiger partial charge in [-0.2, -0.15) is 0 Å². The fourth-order valence-corrected chi connectivity index (χ4v) is 3.39. The monoisotopic (exact) mass is 570 g/mol. The molecule has 3 rings (SSSR count). The number of benzene rings is 2. The molecule has 2 aromatic carbocycles. The molecule has 0 N–H and O–H groups in total. The molecule has 0 aliphatic carbocycles. The molecule has 3 aromatic rings. The highest BCUT2D eigenvalue weighted by atomic mass is 127. The molecule has 0 unspecified atom stereocenters. The van der Waals surface area contributed by atoms with Crippen molar-refractivity contribution in [3.63, 3.8) is 0 Å². The summed E-state index contributed by atoms with van der Waals surface area (Å²) in [5.74, 6) is 1.20. The van der Waals surface area contributed by atoms with Crippen molar-refractivity contribution >= 4 is 56.4 Å². The van der Waals surface area contributed by atoms with Gasteiger partial charge in [-0.15, -0.1) is 0 Å². The minimum Gasteiger partial charge on any atom is -0.493 e. The summed E-state index contributed by atoms with van der Waals surface area (Å²) in [6.07, 6.45) is 3.19. The Morgan fingerprint density at radius 3 is 2.62 bits per heavy atom. The third kappa shape index (κ3) is 5.15. The number of aromatic nitrogens is 1. The molecule has 0 amide bonds. The zero-order valence-corrected chi connectivity index (χ0v) is 19.3. The van der Waals surface area contributed by atoms with Crippen molar-refractivity contribution in [3.05, 3.63) is 77.1 Å². The Balaban J connectivity index is 1.83. The molecule has 150 valence electrons. The van der Waals surface area contributed by atoms with Crippen LogP contribution in [0.3, 0.4) is 0 Å². The Morgan fingerprint density at radius 1 is 1.24 bits per heavy atom. The van der Waals surface area contributed by atoms with Crippen LogP contribution in [-0.4, -0.2) is 17.2 Å². The predicted octanol–water partition coefficient (Wildman–Crippen LogP) is 6.02. The molecule has 29 heavy (non-hydrogen) atoms. The van der Waals surface area contributed by atoms with E-state index in [9.17, 15) is 10.1 Å². The Kier molecular flexibility index (Phi) is 6.91. The third-order valence-electron chi connectivity index (χ3n) is 4.04. The quantitative estimate of drug-likeness (QED) is 0.196. The van der Waals surface area contributed by atoms with Crippen molar-refractivity contribution in [2.75, 3.05) is 7.11 Å². The lowest BCUT2D eigenvalue weighted by molar-refractivity contribution is -0.386. The molecule has 0 radical (unpaired) electrons.